The molecule has 2 atom stereocenters. The second-order valence-electron chi connectivity index (χ2n) is 5.49. The van der Waals surface area contributed by atoms with Crippen molar-refractivity contribution < 1.29 is 13.2 Å². The van der Waals surface area contributed by atoms with Gasteiger partial charge in [-0.2, -0.15) is 0 Å². The van der Waals surface area contributed by atoms with Gasteiger partial charge < -0.3 is 11.1 Å². The van der Waals surface area contributed by atoms with E-state index in [0.717, 1.165) is 5.56 Å². The zero-order valence-electron chi connectivity index (χ0n) is 12.8. The van der Waals surface area contributed by atoms with Crippen LogP contribution < -0.4 is 11.1 Å². The van der Waals surface area contributed by atoms with Crippen LogP contribution >= 0.6 is 0 Å². The van der Waals surface area contributed by atoms with Crippen LogP contribution in [0.15, 0.2) is 70.6 Å². The van der Waals surface area contributed by atoms with Crippen LogP contribution in [-0.2, 0) is 9.84 Å². The monoisotopic (exact) mass is 343 g/mol. The van der Waals surface area contributed by atoms with Crippen molar-refractivity contribution in [3.63, 3.8) is 0 Å². The van der Waals surface area contributed by atoms with Gasteiger partial charge >= 0.3 is 6.03 Å². The van der Waals surface area contributed by atoms with Gasteiger partial charge in [-0.15, -0.1) is 0 Å². The third-order valence-corrected chi connectivity index (χ3v) is 6.05. The Labute approximate surface area is 140 Å². The van der Waals surface area contributed by atoms with Crippen molar-refractivity contribution in [1.82, 2.24) is 5.32 Å². The molecule has 1 aliphatic heterocycles. The number of primary amides is 1. The molecular weight excluding hydrogens is 326 g/mol. The maximum atomic E-state index is 13.1. The second-order valence-corrected chi connectivity index (χ2v) is 7.55. The number of nitrogens with one attached hydrogen (secondary N) is 1. The van der Waals surface area contributed by atoms with Crippen LogP contribution in [0.25, 0.3) is 0 Å². The lowest BCUT2D eigenvalue weighted by Crippen LogP contribution is -2.50. The van der Waals surface area contributed by atoms with Gasteiger partial charge in [-0.3, -0.25) is 4.99 Å². The van der Waals surface area contributed by atoms with E-state index in [9.17, 15) is 13.2 Å². The van der Waals surface area contributed by atoms with E-state index in [1.165, 1.54) is 12.1 Å². The zero-order valence-corrected chi connectivity index (χ0v) is 13.6. The summed E-state index contributed by atoms with van der Waals surface area (Å²) in [6.45, 7) is 0.171. The van der Waals surface area contributed by atoms with E-state index in [1.54, 1.807) is 30.3 Å². The van der Waals surface area contributed by atoms with Crippen molar-refractivity contribution >= 4 is 21.6 Å². The molecule has 0 saturated carbocycles. The fraction of sp³-hybridized carbons (Fsp3) is 0.176. The first-order valence-electron chi connectivity index (χ1n) is 7.45. The summed E-state index contributed by atoms with van der Waals surface area (Å²) in [4.78, 5) is 15.8. The molecule has 2 aromatic rings. The molecular formula is C17H17N3O3S. The van der Waals surface area contributed by atoms with Gasteiger partial charge in [0.25, 0.3) is 0 Å². The average molecular weight is 343 g/mol. The number of sulfone groups is 1. The normalized spacial score (nSPS) is 20.4. The van der Waals surface area contributed by atoms with Gasteiger partial charge in [0.2, 0.25) is 0 Å². The van der Waals surface area contributed by atoms with Crippen LogP contribution in [0, 0.1) is 0 Å². The summed E-state index contributed by atoms with van der Waals surface area (Å²) in [5, 5.41) is 1.54. The smallest absolute Gasteiger partial charge is 0.312 e. The Bertz CT molecular complexity index is 864. The summed E-state index contributed by atoms with van der Waals surface area (Å²) in [7, 11) is -3.73. The van der Waals surface area contributed by atoms with Crippen molar-refractivity contribution in [3.8, 4) is 0 Å². The Morgan fingerprint density at radius 3 is 2.21 bits per heavy atom. The number of hydrogen-bond donors (Lipinski definition) is 2. The van der Waals surface area contributed by atoms with E-state index in [-0.39, 0.29) is 11.4 Å². The molecule has 0 spiro atoms. The number of nitrogens with two attached hydrogens (primary N) is 1. The van der Waals surface area contributed by atoms with E-state index < -0.39 is 27.2 Å². The van der Waals surface area contributed by atoms with Crippen LogP contribution in [0.2, 0.25) is 0 Å². The number of amides is 2. The Kier molecular flexibility index (Phi) is 4.35. The average Bonchev–Trinajstić information content (AvgIpc) is 3.00. The second kappa shape index (κ2) is 6.45. The van der Waals surface area contributed by atoms with Crippen LogP contribution in [0.3, 0.4) is 0 Å². The predicted octanol–water partition coefficient (Wildman–Crippen LogP) is 1.37. The number of rotatable bonds is 4. The summed E-state index contributed by atoms with van der Waals surface area (Å²) in [6, 6.07) is 15.8. The molecule has 6 nitrogen and oxygen atoms in total. The Balaban J connectivity index is 2.07. The quantitative estimate of drug-likeness (QED) is 0.876. The number of benzene rings is 2. The van der Waals surface area contributed by atoms with Gasteiger partial charge in [0.1, 0.15) is 5.25 Å². The van der Waals surface area contributed by atoms with E-state index >= 15 is 0 Å². The fourth-order valence-corrected chi connectivity index (χ4v) is 4.78. The third kappa shape index (κ3) is 3.03. The molecule has 2 aromatic carbocycles. The molecule has 3 N–H and O–H groups in total. The molecule has 0 radical (unpaired) electrons. The minimum absolute atomic E-state index is 0.171. The summed E-state index contributed by atoms with van der Waals surface area (Å²) < 4.78 is 26.3. The molecule has 24 heavy (non-hydrogen) atoms. The van der Waals surface area contributed by atoms with E-state index in [1.807, 2.05) is 18.2 Å². The fourth-order valence-electron chi connectivity index (χ4n) is 2.86. The van der Waals surface area contributed by atoms with Gasteiger partial charge in [0, 0.05) is 0 Å². The van der Waals surface area contributed by atoms with Crippen molar-refractivity contribution in [2.75, 3.05) is 6.54 Å². The predicted molar refractivity (Wildman–Crippen MR) is 91.8 cm³/mol. The SMILES string of the molecule is NC(=O)N[C@H]1CN=C(c2ccccc2)[C@@H]1S(=O)(=O)c1ccccc1. The molecule has 0 bridgehead atoms. The van der Waals surface area contributed by atoms with Crippen LogP contribution in [0.4, 0.5) is 4.79 Å². The molecule has 0 aliphatic carbocycles. The lowest BCUT2D eigenvalue weighted by Gasteiger charge is -2.22. The number of carbonyl (C=O) groups is 1. The number of nitrogens with zero attached hydrogens (tertiary/aromatic N) is 1. The van der Waals surface area contributed by atoms with Gasteiger partial charge in [-0.25, -0.2) is 13.2 Å². The topological polar surface area (TPSA) is 102 Å². The maximum Gasteiger partial charge on any atom is 0.312 e. The zero-order chi connectivity index (χ0) is 17.2. The van der Waals surface area contributed by atoms with Crippen LogP contribution in [0.5, 0.6) is 0 Å². The summed E-state index contributed by atoms with van der Waals surface area (Å²) in [5.74, 6) is 0. The highest BCUT2D eigenvalue weighted by Crippen LogP contribution is 2.26. The van der Waals surface area contributed by atoms with Crippen LogP contribution in [-0.4, -0.2) is 38.0 Å². The summed E-state index contributed by atoms with van der Waals surface area (Å²) in [5.41, 5.74) is 6.37. The Morgan fingerprint density at radius 2 is 1.62 bits per heavy atom. The van der Waals surface area contributed by atoms with E-state index in [2.05, 4.69) is 10.3 Å². The van der Waals surface area contributed by atoms with Crippen molar-refractivity contribution in [3.05, 3.63) is 66.2 Å². The largest absolute Gasteiger partial charge is 0.352 e. The molecule has 2 amide bonds. The molecule has 7 heteroatoms. The van der Waals surface area contributed by atoms with E-state index in [4.69, 9.17) is 5.73 Å². The van der Waals surface area contributed by atoms with Gasteiger partial charge in [-0.05, 0) is 17.7 Å². The van der Waals surface area contributed by atoms with Crippen molar-refractivity contribution in [1.29, 1.82) is 0 Å². The molecule has 0 saturated heterocycles. The number of hydrogen-bond acceptors (Lipinski definition) is 4. The maximum absolute atomic E-state index is 13.1. The molecule has 0 fully saturated rings. The third-order valence-electron chi connectivity index (χ3n) is 3.90. The van der Waals surface area contributed by atoms with Crippen LogP contribution in [0.1, 0.15) is 5.56 Å². The number of urea groups is 1. The van der Waals surface area contributed by atoms with E-state index in [0.29, 0.717) is 5.71 Å². The highest BCUT2D eigenvalue weighted by molar-refractivity contribution is 7.93. The molecule has 0 aromatic heterocycles. The minimum Gasteiger partial charge on any atom is -0.352 e. The summed E-state index contributed by atoms with van der Waals surface area (Å²) >= 11 is 0. The van der Waals surface area contributed by atoms with Gasteiger partial charge in [0.15, 0.2) is 9.84 Å². The molecule has 124 valence electrons. The first-order valence-corrected chi connectivity index (χ1v) is 8.99. The van der Waals surface area contributed by atoms with Gasteiger partial charge in [-0.1, -0.05) is 48.5 Å². The Morgan fingerprint density at radius 1 is 1.04 bits per heavy atom. The molecule has 3 rings (SSSR count). The highest BCUT2D eigenvalue weighted by Gasteiger charge is 2.43. The first kappa shape index (κ1) is 16.2. The first-order chi connectivity index (χ1) is 11.5. The molecule has 0 unspecified atom stereocenters. The lowest BCUT2D eigenvalue weighted by atomic mass is 10.1. The lowest BCUT2D eigenvalue weighted by molar-refractivity contribution is 0.246. The standard InChI is InChI=1S/C17H17N3O3S/c18-17(21)20-14-11-19-15(12-7-3-1-4-8-12)16(14)24(22,23)13-9-5-2-6-10-13/h1-10,14,16H,11H2,(H3,18,20,21)/t14-,16+/m0/s1. The Hall–Kier alpha value is -2.67. The molecule has 1 aliphatic rings. The minimum atomic E-state index is -3.73. The van der Waals surface area contributed by atoms with Crippen molar-refractivity contribution in [2.24, 2.45) is 10.7 Å². The summed E-state index contributed by atoms with van der Waals surface area (Å²) in [6.07, 6.45) is 0. The van der Waals surface area contributed by atoms with Gasteiger partial charge in [0.05, 0.1) is 23.2 Å². The number of aliphatic imine (C=N–C) groups is 1. The highest BCUT2D eigenvalue weighted by atomic mass is 32.2. The molecule has 1 heterocycles. The number of carbonyl (C=O) groups excluding carboxylic acids is 1. The van der Waals surface area contributed by atoms with Crippen molar-refractivity contribution in [2.45, 2.75) is 16.2 Å².